The molecule has 84 valence electrons. The third kappa shape index (κ3) is 4.51. The third-order valence-electron chi connectivity index (χ3n) is 1.55. The first-order chi connectivity index (χ1) is 6.88. The van der Waals surface area contributed by atoms with Gasteiger partial charge >= 0.3 is 6.18 Å². The van der Waals surface area contributed by atoms with Crippen LogP contribution in [0, 0.1) is 5.82 Å². The Labute approximate surface area is 92.2 Å². The lowest BCUT2D eigenvalue weighted by molar-refractivity contribution is -0.139. The zero-order chi connectivity index (χ0) is 11.5. The standard InChI is InChI=1S/C9H7BrF4O/c10-7-2-1-6(5-8(7)11)15-4-3-9(12,13)14/h1-2,5H,3-4H2. The number of halogens is 5. The Morgan fingerprint density at radius 1 is 1.27 bits per heavy atom. The Kier molecular flexibility index (Phi) is 3.96. The van der Waals surface area contributed by atoms with E-state index in [1.165, 1.54) is 12.1 Å². The molecule has 1 nitrogen and oxygen atoms in total. The quantitative estimate of drug-likeness (QED) is 0.766. The van der Waals surface area contributed by atoms with Gasteiger partial charge in [0.05, 0.1) is 17.5 Å². The van der Waals surface area contributed by atoms with E-state index in [-0.39, 0.29) is 10.2 Å². The van der Waals surface area contributed by atoms with Crippen molar-refractivity contribution >= 4 is 15.9 Å². The zero-order valence-corrected chi connectivity index (χ0v) is 9.03. The van der Waals surface area contributed by atoms with Crippen molar-refractivity contribution in [2.75, 3.05) is 6.61 Å². The molecule has 0 bridgehead atoms. The predicted octanol–water partition coefficient (Wildman–Crippen LogP) is 3.92. The molecule has 0 fully saturated rings. The fraction of sp³-hybridized carbons (Fsp3) is 0.333. The van der Waals surface area contributed by atoms with Crippen LogP contribution in [0.3, 0.4) is 0 Å². The van der Waals surface area contributed by atoms with Crippen LogP contribution in [0.25, 0.3) is 0 Å². The lowest BCUT2D eigenvalue weighted by atomic mass is 10.3. The minimum atomic E-state index is -4.26. The Hall–Kier alpha value is -0.780. The van der Waals surface area contributed by atoms with Crippen LogP contribution in [0.1, 0.15) is 6.42 Å². The summed E-state index contributed by atoms with van der Waals surface area (Å²) in [5, 5.41) is 0. The van der Waals surface area contributed by atoms with E-state index in [2.05, 4.69) is 15.9 Å². The maximum atomic E-state index is 12.9. The van der Waals surface area contributed by atoms with Gasteiger partial charge in [0.2, 0.25) is 0 Å². The molecule has 0 N–H and O–H groups in total. The zero-order valence-electron chi connectivity index (χ0n) is 7.44. The molecule has 0 aliphatic carbocycles. The number of hydrogen-bond acceptors (Lipinski definition) is 1. The molecule has 0 aromatic heterocycles. The van der Waals surface area contributed by atoms with Gasteiger partial charge in [0, 0.05) is 6.07 Å². The Bertz CT molecular complexity index is 337. The van der Waals surface area contributed by atoms with E-state index in [0.717, 1.165) is 6.07 Å². The van der Waals surface area contributed by atoms with E-state index in [1.54, 1.807) is 0 Å². The molecule has 0 heterocycles. The van der Waals surface area contributed by atoms with Crippen LogP contribution in [0.2, 0.25) is 0 Å². The number of hydrogen-bond donors (Lipinski definition) is 0. The highest BCUT2D eigenvalue weighted by Crippen LogP contribution is 2.23. The molecule has 1 rings (SSSR count). The topological polar surface area (TPSA) is 9.23 Å². The molecule has 1 aromatic carbocycles. The van der Waals surface area contributed by atoms with Crippen LogP contribution in [0.5, 0.6) is 5.75 Å². The number of benzene rings is 1. The summed E-state index contributed by atoms with van der Waals surface area (Å²) in [6, 6.07) is 3.79. The maximum Gasteiger partial charge on any atom is 0.392 e. The summed E-state index contributed by atoms with van der Waals surface area (Å²) >= 11 is 2.92. The molecule has 0 amide bonds. The monoisotopic (exact) mass is 286 g/mol. The summed E-state index contributed by atoms with van der Waals surface area (Å²) in [7, 11) is 0. The fourth-order valence-electron chi connectivity index (χ4n) is 0.851. The van der Waals surface area contributed by atoms with E-state index < -0.39 is 25.0 Å². The molecular formula is C9H7BrF4O. The van der Waals surface area contributed by atoms with Crippen molar-refractivity contribution in [3.63, 3.8) is 0 Å². The minimum Gasteiger partial charge on any atom is -0.493 e. The molecule has 0 aliphatic heterocycles. The van der Waals surface area contributed by atoms with Gasteiger partial charge in [-0.1, -0.05) is 0 Å². The highest BCUT2D eigenvalue weighted by atomic mass is 79.9. The van der Waals surface area contributed by atoms with E-state index in [1.807, 2.05) is 0 Å². The van der Waals surface area contributed by atoms with Crippen molar-refractivity contribution in [2.24, 2.45) is 0 Å². The Balaban J connectivity index is 2.48. The largest absolute Gasteiger partial charge is 0.493 e. The van der Waals surface area contributed by atoms with Crippen molar-refractivity contribution in [1.29, 1.82) is 0 Å². The van der Waals surface area contributed by atoms with Gasteiger partial charge < -0.3 is 4.74 Å². The molecule has 0 spiro atoms. The second-order valence-electron chi connectivity index (χ2n) is 2.79. The van der Waals surface area contributed by atoms with Crippen molar-refractivity contribution in [2.45, 2.75) is 12.6 Å². The summed E-state index contributed by atoms with van der Waals surface area (Å²) < 4.78 is 53.1. The van der Waals surface area contributed by atoms with Crippen LogP contribution in [0.15, 0.2) is 22.7 Å². The SMILES string of the molecule is Fc1cc(OCCC(F)(F)F)ccc1Br. The molecule has 0 atom stereocenters. The average molecular weight is 287 g/mol. The Morgan fingerprint density at radius 3 is 2.47 bits per heavy atom. The first-order valence-electron chi connectivity index (χ1n) is 4.03. The van der Waals surface area contributed by atoms with Crippen molar-refractivity contribution in [3.05, 3.63) is 28.5 Å². The summed E-state index contributed by atoms with van der Waals surface area (Å²) in [5.41, 5.74) is 0. The third-order valence-corrected chi connectivity index (χ3v) is 2.19. The first kappa shape index (κ1) is 12.3. The average Bonchev–Trinajstić information content (AvgIpc) is 2.09. The second-order valence-corrected chi connectivity index (χ2v) is 3.64. The second kappa shape index (κ2) is 4.83. The first-order valence-corrected chi connectivity index (χ1v) is 4.82. The van der Waals surface area contributed by atoms with Crippen molar-refractivity contribution in [3.8, 4) is 5.75 Å². The molecule has 1 aromatic rings. The van der Waals surface area contributed by atoms with E-state index in [4.69, 9.17) is 4.74 Å². The van der Waals surface area contributed by atoms with Gasteiger partial charge in [0.15, 0.2) is 0 Å². The number of rotatable bonds is 3. The van der Waals surface area contributed by atoms with E-state index in [0.29, 0.717) is 0 Å². The van der Waals surface area contributed by atoms with Crippen LogP contribution in [-0.2, 0) is 0 Å². The fourth-order valence-corrected chi connectivity index (χ4v) is 1.10. The summed E-state index contributed by atoms with van der Waals surface area (Å²) in [4.78, 5) is 0. The molecule has 0 saturated heterocycles. The van der Waals surface area contributed by atoms with Crippen LogP contribution in [0.4, 0.5) is 17.6 Å². The lowest BCUT2D eigenvalue weighted by Gasteiger charge is -2.08. The van der Waals surface area contributed by atoms with Gasteiger partial charge in [-0.3, -0.25) is 0 Å². The van der Waals surface area contributed by atoms with Crippen molar-refractivity contribution < 1.29 is 22.3 Å². The molecule has 0 saturated carbocycles. The molecule has 6 heteroatoms. The van der Waals surface area contributed by atoms with Gasteiger partial charge in [-0.15, -0.1) is 0 Å². The normalized spacial score (nSPS) is 11.5. The molecule has 0 radical (unpaired) electrons. The van der Waals surface area contributed by atoms with E-state index >= 15 is 0 Å². The molecule has 0 unspecified atom stereocenters. The van der Waals surface area contributed by atoms with Gasteiger partial charge in [0.1, 0.15) is 11.6 Å². The van der Waals surface area contributed by atoms with Gasteiger partial charge in [-0.05, 0) is 28.1 Å². The summed E-state index contributed by atoms with van der Waals surface area (Å²) in [6.07, 6.45) is -5.31. The molecule has 0 aliphatic rings. The van der Waals surface area contributed by atoms with Crippen LogP contribution in [-0.4, -0.2) is 12.8 Å². The van der Waals surface area contributed by atoms with Crippen LogP contribution >= 0.6 is 15.9 Å². The highest BCUT2D eigenvalue weighted by molar-refractivity contribution is 9.10. The Morgan fingerprint density at radius 2 is 1.93 bits per heavy atom. The lowest BCUT2D eigenvalue weighted by Crippen LogP contribution is -2.13. The van der Waals surface area contributed by atoms with Gasteiger partial charge in [-0.2, -0.15) is 13.2 Å². The van der Waals surface area contributed by atoms with Crippen LogP contribution < -0.4 is 4.74 Å². The summed E-state index contributed by atoms with van der Waals surface area (Å²) in [5.74, 6) is -0.487. The number of alkyl halides is 3. The molecular weight excluding hydrogens is 280 g/mol. The van der Waals surface area contributed by atoms with Crippen molar-refractivity contribution in [1.82, 2.24) is 0 Å². The molecule has 15 heavy (non-hydrogen) atoms. The van der Waals surface area contributed by atoms with E-state index in [9.17, 15) is 17.6 Å². The van der Waals surface area contributed by atoms with Gasteiger partial charge in [-0.25, -0.2) is 4.39 Å². The maximum absolute atomic E-state index is 12.9. The predicted molar refractivity (Wildman–Crippen MR) is 50.3 cm³/mol. The highest BCUT2D eigenvalue weighted by Gasteiger charge is 2.26. The number of ether oxygens (including phenoxy) is 1. The summed E-state index contributed by atoms with van der Waals surface area (Å²) in [6.45, 7) is -0.509. The van der Waals surface area contributed by atoms with Gasteiger partial charge in [0.25, 0.3) is 0 Å². The smallest absolute Gasteiger partial charge is 0.392 e. The minimum absolute atomic E-state index is 0.0833.